The molecule has 0 radical (unpaired) electrons. The first-order valence-electron chi connectivity index (χ1n) is 9.06. The molecule has 0 aromatic carbocycles. The zero-order valence-electron chi connectivity index (χ0n) is 14.5. The molecule has 0 aliphatic heterocycles. The van der Waals surface area contributed by atoms with Gasteiger partial charge in [0.2, 0.25) is 0 Å². The molecule has 3 heteroatoms. The highest BCUT2D eigenvalue weighted by molar-refractivity contribution is 5.66. The maximum Gasteiger partial charge on any atom is 0.303 e. The van der Waals surface area contributed by atoms with Gasteiger partial charge in [0.1, 0.15) is 0 Å². The lowest BCUT2D eigenvalue weighted by Gasteiger charge is -1.97. The van der Waals surface area contributed by atoms with E-state index >= 15 is 0 Å². The van der Waals surface area contributed by atoms with Gasteiger partial charge in [0.15, 0.2) is 0 Å². The van der Waals surface area contributed by atoms with E-state index < -0.39 is 5.97 Å². The summed E-state index contributed by atoms with van der Waals surface area (Å²) in [6.45, 7) is 0.309. The van der Waals surface area contributed by atoms with Crippen molar-refractivity contribution < 1.29 is 15.0 Å². The first kappa shape index (κ1) is 21.6. The predicted molar refractivity (Wildman–Crippen MR) is 97.5 cm³/mol. The van der Waals surface area contributed by atoms with Gasteiger partial charge in [-0.1, -0.05) is 62.1 Å². The average Bonchev–Trinajstić information content (AvgIpc) is 2.53. The Balaban J connectivity index is 3.29. The van der Waals surface area contributed by atoms with Gasteiger partial charge in [-0.05, 0) is 44.9 Å². The fourth-order valence-corrected chi connectivity index (χ4v) is 2.24. The third-order valence-corrected chi connectivity index (χ3v) is 3.61. The summed E-state index contributed by atoms with van der Waals surface area (Å²) in [5, 5.41) is 17.2. The normalized spacial score (nSPS) is 12.0. The maximum absolute atomic E-state index is 10.3. The fourth-order valence-electron chi connectivity index (χ4n) is 2.24. The van der Waals surface area contributed by atoms with Crippen LogP contribution in [0.3, 0.4) is 0 Å². The van der Waals surface area contributed by atoms with E-state index in [-0.39, 0.29) is 0 Å². The van der Waals surface area contributed by atoms with Crippen molar-refractivity contribution in [3.8, 4) is 0 Å². The maximum atomic E-state index is 10.3. The Labute approximate surface area is 141 Å². The summed E-state index contributed by atoms with van der Waals surface area (Å²) >= 11 is 0. The van der Waals surface area contributed by atoms with Gasteiger partial charge in [-0.2, -0.15) is 0 Å². The summed E-state index contributed by atoms with van der Waals surface area (Å²) in [5.74, 6) is -0.684. The van der Waals surface area contributed by atoms with Crippen molar-refractivity contribution in [1.82, 2.24) is 0 Å². The van der Waals surface area contributed by atoms with E-state index in [4.69, 9.17) is 10.2 Å². The number of carbonyl (C=O) groups is 1. The van der Waals surface area contributed by atoms with Crippen molar-refractivity contribution in [2.75, 3.05) is 6.61 Å². The second-order valence-electron chi connectivity index (χ2n) is 5.84. The Morgan fingerprint density at radius 3 is 2.04 bits per heavy atom. The molecular formula is C20H34O3. The molecule has 0 unspecified atom stereocenters. The monoisotopic (exact) mass is 322 g/mol. The number of aliphatic hydroxyl groups is 1. The second-order valence-corrected chi connectivity index (χ2v) is 5.84. The largest absolute Gasteiger partial charge is 0.481 e. The minimum absolute atomic E-state index is 0.307. The molecule has 0 bridgehead atoms. The van der Waals surface area contributed by atoms with Crippen LogP contribution < -0.4 is 0 Å². The fraction of sp³-hybridized carbons (Fsp3) is 0.650. The summed E-state index contributed by atoms with van der Waals surface area (Å²) in [4.78, 5) is 10.3. The van der Waals surface area contributed by atoms with E-state index in [2.05, 4.69) is 36.5 Å². The summed E-state index contributed by atoms with van der Waals surface area (Å²) in [6.07, 6.45) is 25.0. The quantitative estimate of drug-likeness (QED) is 0.227. The molecule has 0 saturated heterocycles. The average molecular weight is 322 g/mol. The molecule has 0 atom stereocenters. The van der Waals surface area contributed by atoms with Crippen LogP contribution in [0.15, 0.2) is 36.5 Å². The smallest absolute Gasteiger partial charge is 0.303 e. The molecular weight excluding hydrogens is 288 g/mol. The molecule has 3 nitrogen and oxygen atoms in total. The molecule has 0 rings (SSSR count). The lowest BCUT2D eigenvalue weighted by atomic mass is 10.1. The Morgan fingerprint density at radius 2 is 1.30 bits per heavy atom. The topological polar surface area (TPSA) is 57.5 Å². The van der Waals surface area contributed by atoms with E-state index in [1.54, 1.807) is 0 Å². The van der Waals surface area contributed by atoms with E-state index in [0.29, 0.717) is 13.0 Å². The van der Waals surface area contributed by atoms with Gasteiger partial charge in [0.25, 0.3) is 0 Å². The Kier molecular flexibility index (Phi) is 17.6. The zero-order valence-corrected chi connectivity index (χ0v) is 14.5. The highest BCUT2D eigenvalue weighted by Crippen LogP contribution is 2.07. The van der Waals surface area contributed by atoms with E-state index in [1.165, 1.54) is 12.8 Å². The zero-order chi connectivity index (χ0) is 17.0. The van der Waals surface area contributed by atoms with Crippen LogP contribution in [0, 0.1) is 0 Å². The highest BCUT2D eigenvalue weighted by Gasteiger charge is 1.95. The number of rotatable bonds is 16. The van der Waals surface area contributed by atoms with Gasteiger partial charge in [-0.15, -0.1) is 0 Å². The van der Waals surface area contributed by atoms with Gasteiger partial charge in [-0.25, -0.2) is 0 Å². The number of carboxylic acids is 1. The molecule has 2 N–H and O–H groups in total. The molecule has 0 spiro atoms. The van der Waals surface area contributed by atoms with E-state index in [0.717, 1.165) is 57.8 Å². The number of aliphatic carboxylic acids is 1. The number of hydrogen-bond donors (Lipinski definition) is 2. The number of carboxylic acid groups (broad SMARTS) is 1. The molecule has 0 aliphatic rings. The molecule has 0 fully saturated rings. The van der Waals surface area contributed by atoms with Crippen LogP contribution in [0.2, 0.25) is 0 Å². The molecule has 132 valence electrons. The third kappa shape index (κ3) is 20.6. The number of aliphatic hydroxyl groups excluding tert-OH is 1. The standard InChI is InChI=1S/C20H34O3/c21-19-17-15-13-11-9-7-5-3-1-2-4-6-8-10-12-14-16-18-20(22)23/h1-4,7,9,21H,5-6,8,10-19H2,(H,22,23)/b3-1+,4-2+,9-7+. The van der Waals surface area contributed by atoms with Crippen molar-refractivity contribution in [1.29, 1.82) is 0 Å². The first-order chi connectivity index (χ1) is 11.3. The van der Waals surface area contributed by atoms with Crippen LogP contribution in [0.5, 0.6) is 0 Å². The Hall–Kier alpha value is -1.35. The van der Waals surface area contributed by atoms with Crippen molar-refractivity contribution in [3.05, 3.63) is 36.5 Å². The van der Waals surface area contributed by atoms with Crippen molar-refractivity contribution in [2.45, 2.75) is 77.0 Å². The minimum Gasteiger partial charge on any atom is -0.481 e. The van der Waals surface area contributed by atoms with Gasteiger partial charge in [-0.3, -0.25) is 4.79 Å². The lowest BCUT2D eigenvalue weighted by molar-refractivity contribution is -0.137. The molecule has 0 heterocycles. The Morgan fingerprint density at radius 1 is 0.696 bits per heavy atom. The van der Waals surface area contributed by atoms with E-state index in [1.807, 2.05) is 0 Å². The van der Waals surface area contributed by atoms with E-state index in [9.17, 15) is 4.79 Å². The van der Waals surface area contributed by atoms with Crippen molar-refractivity contribution in [3.63, 3.8) is 0 Å². The van der Waals surface area contributed by atoms with Gasteiger partial charge in [0, 0.05) is 13.0 Å². The summed E-state index contributed by atoms with van der Waals surface area (Å²) in [5.41, 5.74) is 0. The first-order valence-corrected chi connectivity index (χ1v) is 9.06. The van der Waals surface area contributed by atoms with Gasteiger partial charge >= 0.3 is 5.97 Å². The van der Waals surface area contributed by atoms with Gasteiger partial charge < -0.3 is 10.2 Å². The summed E-state index contributed by atoms with van der Waals surface area (Å²) in [6, 6.07) is 0. The molecule has 23 heavy (non-hydrogen) atoms. The van der Waals surface area contributed by atoms with Crippen LogP contribution in [-0.2, 0) is 4.79 Å². The van der Waals surface area contributed by atoms with Crippen LogP contribution in [0.4, 0.5) is 0 Å². The summed E-state index contributed by atoms with van der Waals surface area (Å²) in [7, 11) is 0. The lowest BCUT2D eigenvalue weighted by Crippen LogP contribution is -1.93. The minimum atomic E-state index is -0.684. The van der Waals surface area contributed by atoms with Crippen LogP contribution in [0.1, 0.15) is 77.0 Å². The third-order valence-electron chi connectivity index (χ3n) is 3.61. The van der Waals surface area contributed by atoms with Gasteiger partial charge in [0.05, 0.1) is 0 Å². The molecule has 0 aliphatic carbocycles. The van der Waals surface area contributed by atoms with Crippen molar-refractivity contribution >= 4 is 5.97 Å². The molecule has 0 aromatic heterocycles. The van der Waals surface area contributed by atoms with Crippen molar-refractivity contribution in [2.24, 2.45) is 0 Å². The molecule has 0 aromatic rings. The predicted octanol–water partition coefficient (Wildman–Crippen LogP) is 5.41. The van der Waals surface area contributed by atoms with Crippen LogP contribution >= 0.6 is 0 Å². The summed E-state index contributed by atoms with van der Waals surface area (Å²) < 4.78 is 0. The Bertz CT molecular complexity index is 343. The van der Waals surface area contributed by atoms with Crippen LogP contribution in [0.25, 0.3) is 0 Å². The highest BCUT2D eigenvalue weighted by atomic mass is 16.4. The molecule has 0 saturated carbocycles. The number of unbranched alkanes of at least 4 members (excludes halogenated alkanes) is 8. The SMILES string of the molecule is O=C(O)CCCCCCC/C=C/C=C/C/C=C/CCCCCO. The number of allylic oxidation sites excluding steroid dienone is 6. The second kappa shape index (κ2) is 18.7. The molecule has 0 amide bonds. The van der Waals surface area contributed by atoms with Crippen LogP contribution in [-0.4, -0.2) is 22.8 Å². The number of hydrogen-bond acceptors (Lipinski definition) is 2.